The topological polar surface area (TPSA) is 34.1 Å². The number of alkyl halides is 2. The Kier molecular flexibility index (Phi) is 5.64. The van der Waals surface area contributed by atoms with Crippen LogP contribution in [0.5, 0.6) is 5.75 Å². The van der Waals surface area contributed by atoms with E-state index in [0.29, 0.717) is 0 Å². The van der Waals surface area contributed by atoms with Crippen molar-refractivity contribution in [2.24, 2.45) is 0 Å². The van der Waals surface area contributed by atoms with E-state index in [-0.39, 0.29) is 11.8 Å². The van der Waals surface area contributed by atoms with Crippen molar-refractivity contribution in [1.29, 1.82) is 0 Å². The number of nitrogens with zero attached hydrogens (tertiary/aromatic N) is 1. The molecule has 114 valence electrons. The molecular formula is C15H18F2N2OS. The van der Waals surface area contributed by atoms with Crippen molar-refractivity contribution in [2.45, 2.75) is 32.9 Å². The smallest absolute Gasteiger partial charge is 0.387 e. The molecule has 0 aliphatic carbocycles. The van der Waals surface area contributed by atoms with Crippen molar-refractivity contribution >= 4 is 11.3 Å². The van der Waals surface area contributed by atoms with Gasteiger partial charge in [0.1, 0.15) is 10.8 Å². The third-order valence-corrected chi connectivity index (χ3v) is 3.95. The Morgan fingerprint density at radius 2 is 2.00 bits per heavy atom. The molecule has 0 aliphatic heterocycles. The van der Waals surface area contributed by atoms with Crippen LogP contribution in [0.25, 0.3) is 0 Å². The molecule has 0 aliphatic rings. The number of ether oxygens (including phenoxy) is 1. The van der Waals surface area contributed by atoms with Gasteiger partial charge in [0.05, 0.1) is 6.04 Å². The third-order valence-electron chi connectivity index (χ3n) is 2.92. The maximum Gasteiger partial charge on any atom is 0.387 e. The van der Waals surface area contributed by atoms with E-state index >= 15 is 0 Å². The molecule has 0 spiro atoms. The Labute approximate surface area is 127 Å². The molecule has 1 aromatic carbocycles. The fourth-order valence-electron chi connectivity index (χ4n) is 1.98. The van der Waals surface area contributed by atoms with Crippen LogP contribution in [0, 0.1) is 6.92 Å². The zero-order valence-electron chi connectivity index (χ0n) is 12.0. The van der Waals surface area contributed by atoms with E-state index in [4.69, 9.17) is 0 Å². The summed E-state index contributed by atoms with van der Waals surface area (Å²) in [7, 11) is 0. The number of halogens is 2. The minimum absolute atomic E-state index is 0.0238. The summed E-state index contributed by atoms with van der Waals surface area (Å²) in [5.74, 6) is 0.165. The van der Waals surface area contributed by atoms with Crippen molar-refractivity contribution in [3.8, 4) is 5.75 Å². The molecule has 1 atom stereocenters. The van der Waals surface area contributed by atoms with E-state index < -0.39 is 6.61 Å². The van der Waals surface area contributed by atoms with Gasteiger partial charge in [0, 0.05) is 11.1 Å². The Morgan fingerprint density at radius 1 is 1.29 bits per heavy atom. The molecule has 1 aromatic heterocycles. The molecule has 1 heterocycles. The second kappa shape index (κ2) is 7.47. The number of thiazole rings is 1. The van der Waals surface area contributed by atoms with Crippen molar-refractivity contribution in [2.75, 3.05) is 6.54 Å². The van der Waals surface area contributed by atoms with Gasteiger partial charge in [-0.2, -0.15) is 8.78 Å². The highest BCUT2D eigenvalue weighted by atomic mass is 32.1. The van der Waals surface area contributed by atoms with Crippen LogP contribution in [0.1, 0.15) is 35.7 Å². The van der Waals surface area contributed by atoms with Crippen LogP contribution in [0.4, 0.5) is 8.78 Å². The number of aromatic nitrogens is 1. The first-order chi connectivity index (χ1) is 10.1. The maximum absolute atomic E-state index is 12.2. The highest BCUT2D eigenvalue weighted by Crippen LogP contribution is 2.27. The fraction of sp³-hybridized carbons (Fsp3) is 0.400. The molecule has 1 unspecified atom stereocenters. The van der Waals surface area contributed by atoms with Crippen molar-refractivity contribution < 1.29 is 13.5 Å². The molecular weight excluding hydrogens is 294 g/mol. The second-order valence-electron chi connectivity index (χ2n) is 4.66. The molecule has 0 saturated heterocycles. The lowest BCUT2D eigenvalue weighted by Crippen LogP contribution is -2.23. The zero-order valence-corrected chi connectivity index (χ0v) is 12.8. The summed E-state index contributed by atoms with van der Waals surface area (Å²) in [6.45, 7) is 2.11. The number of hydrogen-bond acceptors (Lipinski definition) is 4. The average molecular weight is 312 g/mol. The second-order valence-corrected chi connectivity index (χ2v) is 5.55. The van der Waals surface area contributed by atoms with Crippen LogP contribution in [-0.2, 0) is 0 Å². The standard InChI is InChI=1S/C15H18F2N2OS/c1-3-8-18-13(14-19-10(2)9-21-14)11-4-6-12(7-5-11)20-15(16)17/h4-7,9,13,15,18H,3,8H2,1-2H3. The molecule has 0 radical (unpaired) electrons. The van der Waals surface area contributed by atoms with E-state index in [1.807, 2.05) is 12.3 Å². The van der Waals surface area contributed by atoms with Crippen molar-refractivity contribution in [3.63, 3.8) is 0 Å². The minimum atomic E-state index is -2.80. The Hall–Kier alpha value is -1.53. The lowest BCUT2D eigenvalue weighted by Gasteiger charge is -2.17. The van der Waals surface area contributed by atoms with Gasteiger partial charge in [0.2, 0.25) is 0 Å². The molecule has 0 amide bonds. The quantitative estimate of drug-likeness (QED) is 0.834. The Bertz CT molecular complexity index is 557. The number of nitrogens with one attached hydrogen (secondary N) is 1. The van der Waals surface area contributed by atoms with Crippen molar-refractivity contribution in [1.82, 2.24) is 10.3 Å². The van der Waals surface area contributed by atoms with E-state index in [1.165, 1.54) is 0 Å². The van der Waals surface area contributed by atoms with E-state index in [2.05, 4.69) is 22.0 Å². The Morgan fingerprint density at radius 3 is 2.52 bits per heavy atom. The summed E-state index contributed by atoms with van der Waals surface area (Å²) in [6.07, 6.45) is 1.01. The molecule has 2 rings (SSSR count). The molecule has 2 aromatic rings. The van der Waals surface area contributed by atoms with Crippen LogP contribution >= 0.6 is 11.3 Å². The van der Waals surface area contributed by atoms with Crippen LogP contribution in [0.2, 0.25) is 0 Å². The molecule has 0 fully saturated rings. The number of rotatable bonds is 7. The predicted molar refractivity (Wildman–Crippen MR) is 80.1 cm³/mol. The van der Waals surface area contributed by atoms with Crippen LogP contribution < -0.4 is 10.1 Å². The normalized spacial score (nSPS) is 12.6. The molecule has 6 heteroatoms. The predicted octanol–water partition coefficient (Wildman–Crippen LogP) is 4.14. The van der Waals surface area contributed by atoms with Gasteiger partial charge in [-0.1, -0.05) is 19.1 Å². The van der Waals surface area contributed by atoms with Gasteiger partial charge in [-0.15, -0.1) is 11.3 Å². The van der Waals surface area contributed by atoms with E-state index in [9.17, 15) is 8.78 Å². The largest absolute Gasteiger partial charge is 0.435 e. The van der Waals surface area contributed by atoms with E-state index in [0.717, 1.165) is 29.2 Å². The third kappa shape index (κ3) is 4.47. The van der Waals surface area contributed by atoms with Gasteiger partial charge in [0.25, 0.3) is 0 Å². The number of benzene rings is 1. The molecule has 3 nitrogen and oxygen atoms in total. The van der Waals surface area contributed by atoms with Gasteiger partial charge < -0.3 is 10.1 Å². The summed E-state index contributed by atoms with van der Waals surface area (Å²) >= 11 is 1.59. The lowest BCUT2D eigenvalue weighted by molar-refractivity contribution is -0.0498. The first-order valence-corrected chi connectivity index (χ1v) is 7.68. The lowest BCUT2D eigenvalue weighted by atomic mass is 10.1. The van der Waals surface area contributed by atoms with Crippen LogP contribution in [0.3, 0.4) is 0 Å². The monoisotopic (exact) mass is 312 g/mol. The van der Waals surface area contributed by atoms with Gasteiger partial charge in [-0.05, 0) is 37.6 Å². The average Bonchev–Trinajstić information content (AvgIpc) is 2.87. The number of aryl methyl sites for hydroxylation is 1. The summed E-state index contributed by atoms with van der Waals surface area (Å²) in [5, 5.41) is 6.41. The first-order valence-electron chi connectivity index (χ1n) is 6.80. The number of hydrogen-bond donors (Lipinski definition) is 1. The summed E-state index contributed by atoms with van der Waals surface area (Å²) < 4.78 is 28.7. The summed E-state index contributed by atoms with van der Waals surface area (Å²) in [6, 6.07) is 6.68. The maximum atomic E-state index is 12.2. The summed E-state index contributed by atoms with van der Waals surface area (Å²) in [4.78, 5) is 4.52. The SMILES string of the molecule is CCCNC(c1ccc(OC(F)F)cc1)c1nc(C)cs1. The van der Waals surface area contributed by atoms with Gasteiger partial charge >= 0.3 is 6.61 Å². The van der Waals surface area contributed by atoms with Gasteiger partial charge in [-0.3, -0.25) is 0 Å². The molecule has 0 bridgehead atoms. The first kappa shape index (κ1) is 15.9. The van der Waals surface area contributed by atoms with Gasteiger partial charge in [-0.25, -0.2) is 4.98 Å². The van der Waals surface area contributed by atoms with Crippen molar-refractivity contribution in [3.05, 3.63) is 45.9 Å². The summed E-state index contributed by atoms with van der Waals surface area (Å²) in [5.41, 5.74) is 1.97. The van der Waals surface area contributed by atoms with E-state index in [1.54, 1.807) is 35.6 Å². The fourth-order valence-corrected chi connectivity index (χ4v) is 2.88. The Balaban J connectivity index is 2.20. The van der Waals surface area contributed by atoms with Crippen LogP contribution in [-0.4, -0.2) is 18.1 Å². The molecule has 1 N–H and O–H groups in total. The van der Waals surface area contributed by atoms with Crippen LogP contribution in [0.15, 0.2) is 29.6 Å². The molecule has 0 saturated carbocycles. The highest BCUT2D eigenvalue weighted by molar-refractivity contribution is 7.09. The highest BCUT2D eigenvalue weighted by Gasteiger charge is 2.17. The molecule has 21 heavy (non-hydrogen) atoms. The zero-order chi connectivity index (χ0) is 15.2. The van der Waals surface area contributed by atoms with Gasteiger partial charge in [0.15, 0.2) is 0 Å². The minimum Gasteiger partial charge on any atom is -0.435 e.